The predicted octanol–water partition coefficient (Wildman–Crippen LogP) is 3.98. The van der Waals surface area contributed by atoms with Crippen LogP contribution in [0.4, 0.5) is 5.82 Å². The number of benzene rings is 1. The summed E-state index contributed by atoms with van der Waals surface area (Å²) in [6.45, 7) is 3.02. The second kappa shape index (κ2) is 5.52. The van der Waals surface area contributed by atoms with Crippen molar-refractivity contribution in [2.75, 3.05) is 11.9 Å². The highest BCUT2D eigenvalue weighted by atomic mass is 16.5. The number of nitrogens with one attached hydrogen (secondary N) is 2. The Morgan fingerprint density at radius 2 is 2.27 bits per heavy atom. The summed E-state index contributed by atoms with van der Waals surface area (Å²) in [6.07, 6.45) is 8.64. The molecule has 0 bridgehead atoms. The third-order valence-corrected chi connectivity index (χ3v) is 4.48. The zero-order valence-corrected chi connectivity index (χ0v) is 12.9. The van der Waals surface area contributed by atoms with E-state index in [-0.39, 0.29) is 5.92 Å². The van der Waals surface area contributed by atoms with E-state index < -0.39 is 0 Å². The molecule has 1 atom stereocenters. The van der Waals surface area contributed by atoms with Crippen LogP contribution in [0.2, 0.25) is 0 Å². The highest BCUT2D eigenvalue weighted by molar-refractivity contribution is 5.61. The lowest BCUT2D eigenvalue weighted by Crippen LogP contribution is -2.16. The van der Waals surface area contributed by atoms with Crippen molar-refractivity contribution in [1.29, 1.82) is 0 Å². The van der Waals surface area contributed by atoms with E-state index in [0.29, 0.717) is 0 Å². The first-order chi connectivity index (χ1) is 10.9. The standard InChI is InChI=1S/C18H21N3O/c1-2-5-13-10-15(16-11-19-21-18(16)20-13)14-8-3-6-12-7-4-9-22-17(12)14/h3,6,8,10-11,15H,2,4-5,7,9H2,1H3,(H2,19,20,21). The number of H-pyrrole nitrogens is 1. The van der Waals surface area contributed by atoms with Crippen molar-refractivity contribution >= 4 is 5.82 Å². The lowest BCUT2D eigenvalue weighted by molar-refractivity contribution is 0.285. The molecular weight excluding hydrogens is 274 g/mol. The van der Waals surface area contributed by atoms with Gasteiger partial charge in [0.2, 0.25) is 0 Å². The first kappa shape index (κ1) is 13.4. The highest BCUT2D eigenvalue weighted by Gasteiger charge is 2.27. The summed E-state index contributed by atoms with van der Waals surface area (Å²) in [5.41, 5.74) is 5.05. The van der Waals surface area contributed by atoms with Gasteiger partial charge >= 0.3 is 0 Å². The van der Waals surface area contributed by atoms with Crippen LogP contribution in [-0.4, -0.2) is 16.8 Å². The van der Waals surface area contributed by atoms with Crippen molar-refractivity contribution in [3.05, 3.63) is 52.9 Å². The van der Waals surface area contributed by atoms with Gasteiger partial charge in [-0.1, -0.05) is 37.6 Å². The molecule has 2 aliphatic rings. The smallest absolute Gasteiger partial charge is 0.129 e. The van der Waals surface area contributed by atoms with Gasteiger partial charge in [-0.15, -0.1) is 0 Å². The van der Waals surface area contributed by atoms with Gasteiger partial charge < -0.3 is 10.1 Å². The summed E-state index contributed by atoms with van der Waals surface area (Å²) in [7, 11) is 0. The van der Waals surface area contributed by atoms with Gasteiger partial charge in [0.15, 0.2) is 0 Å². The molecule has 0 saturated carbocycles. The second-order valence-electron chi connectivity index (χ2n) is 6.03. The summed E-state index contributed by atoms with van der Waals surface area (Å²) in [4.78, 5) is 0. The van der Waals surface area contributed by atoms with Gasteiger partial charge in [-0.3, -0.25) is 5.10 Å². The van der Waals surface area contributed by atoms with Crippen LogP contribution in [0.15, 0.2) is 36.2 Å². The summed E-state index contributed by atoms with van der Waals surface area (Å²) < 4.78 is 6.01. The molecule has 0 amide bonds. The quantitative estimate of drug-likeness (QED) is 0.900. The van der Waals surface area contributed by atoms with Gasteiger partial charge in [-0.05, 0) is 24.8 Å². The maximum atomic E-state index is 6.01. The lowest BCUT2D eigenvalue weighted by atomic mass is 9.86. The van der Waals surface area contributed by atoms with Crippen molar-refractivity contribution in [2.45, 2.75) is 38.5 Å². The number of fused-ring (bicyclic) bond motifs is 2. The summed E-state index contributed by atoms with van der Waals surface area (Å²) in [6, 6.07) is 6.53. The number of rotatable bonds is 3. The zero-order valence-electron chi connectivity index (χ0n) is 12.9. The lowest BCUT2D eigenvalue weighted by Gasteiger charge is -2.27. The maximum Gasteiger partial charge on any atom is 0.129 e. The third-order valence-electron chi connectivity index (χ3n) is 4.48. The fourth-order valence-electron chi connectivity index (χ4n) is 3.46. The Balaban J connectivity index is 1.82. The molecule has 3 heterocycles. The van der Waals surface area contributed by atoms with Crippen LogP contribution in [0.3, 0.4) is 0 Å². The van der Waals surface area contributed by atoms with Crippen LogP contribution in [0.5, 0.6) is 5.75 Å². The number of ether oxygens (including phenoxy) is 1. The van der Waals surface area contributed by atoms with Crippen molar-refractivity contribution in [3.63, 3.8) is 0 Å². The molecule has 1 aromatic carbocycles. The fourth-order valence-corrected chi connectivity index (χ4v) is 3.46. The second-order valence-corrected chi connectivity index (χ2v) is 6.03. The minimum Gasteiger partial charge on any atom is -0.493 e. The molecule has 0 saturated heterocycles. The molecule has 2 aromatic rings. The molecule has 0 aliphatic carbocycles. The molecule has 2 N–H and O–H groups in total. The summed E-state index contributed by atoms with van der Waals surface area (Å²) >= 11 is 0. The summed E-state index contributed by atoms with van der Waals surface area (Å²) in [5, 5.41) is 10.8. The van der Waals surface area contributed by atoms with E-state index in [0.717, 1.165) is 43.9 Å². The van der Waals surface area contributed by atoms with Crippen LogP contribution in [0.1, 0.15) is 48.8 Å². The topological polar surface area (TPSA) is 49.9 Å². The Hall–Kier alpha value is -2.23. The minimum absolute atomic E-state index is 0.213. The van der Waals surface area contributed by atoms with Gasteiger partial charge in [-0.25, -0.2) is 0 Å². The first-order valence-corrected chi connectivity index (χ1v) is 8.12. The number of anilines is 1. The van der Waals surface area contributed by atoms with Gasteiger partial charge in [0.05, 0.1) is 12.8 Å². The number of nitrogens with zero attached hydrogens (tertiary/aromatic N) is 1. The number of hydrogen-bond acceptors (Lipinski definition) is 3. The van der Waals surface area contributed by atoms with Gasteiger partial charge in [0, 0.05) is 22.7 Å². The molecule has 4 heteroatoms. The number of aryl methyl sites for hydroxylation is 1. The Bertz CT molecular complexity index is 717. The van der Waals surface area contributed by atoms with E-state index in [1.807, 2.05) is 6.20 Å². The molecule has 1 unspecified atom stereocenters. The monoisotopic (exact) mass is 295 g/mol. The van der Waals surface area contributed by atoms with E-state index in [1.165, 1.54) is 22.4 Å². The van der Waals surface area contributed by atoms with Crippen molar-refractivity contribution in [1.82, 2.24) is 10.2 Å². The van der Waals surface area contributed by atoms with E-state index in [4.69, 9.17) is 4.74 Å². The molecule has 0 radical (unpaired) electrons. The number of para-hydroxylation sites is 1. The Labute approximate surface area is 130 Å². The minimum atomic E-state index is 0.213. The first-order valence-electron chi connectivity index (χ1n) is 8.12. The average molecular weight is 295 g/mol. The third kappa shape index (κ3) is 2.19. The largest absolute Gasteiger partial charge is 0.493 e. The molecule has 1 aromatic heterocycles. The van der Waals surface area contributed by atoms with Crippen LogP contribution in [-0.2, 0) is 6.42 Å². The molecule has 4 nitrogen and oxygen atoms in total. The van der Waals surface area contributed by atoms with E-state index >= 15 is 0 Å². The molecule has 2 aliphatic heterocycles. The number of aromatic nitrogens is 2. The van der Waals surface area contributed by atoms with E-state index in [2.05, 4.69) is 46.7 Å². The van der Waals surface area contributed by atoms with Crippen LogP contribution >= 0.6 is 0 Å². The molecular formula is C18H21N3O. The van der Waals surface area contributed by atoms with Crippen LogP contribution < -0.4 is 10.1 Å². The maximum absolute atomic E-state index is 6.01. The Morgan fingerprint density at radius 1 is 1.32 bits per heavy atom. The predicted molar refractivity (Wildman–Crippen MR) is 87.3 cm³/mol. The molecule has 114 valence electrons. The van der Waals surface area contributed by atoms with E-state index in [1.54, 1.807) is 0 Å². The zero-order chi connectivity index (χ0) is 14.9. The van der Waals surface area contributed by atoms with Crippen molar-refractivity contribution in [3.8, 4) is 5.75 Å². The van der Waals surface area contributed by atoms with Crippen molar-refractivity contribution < 1.29 is 4.74 Å². The molecule has 0 spiro atoms. The molecule has 0 fully saturated rings. The molecule has 4 rings (SSSR count). The van der Waals surface area contributed by atoms with Gasteiger partial charge in [0.25, 0.3) is 0 Å². The highest BCUT2D eigenvalue weighted by Crippen LogP contribution is 2.42. The normalized spacial score (nSPS) is 19.5. The van der Waals surface area contributed by atoms with Crippen LogP contribution in [0, 0.1) is 0 Å². The fraction of sp³-hybridized carbons (Fsp3) is 0.389. The van der Waals surface area contributed by atoms with E-state index in [9.17, 15) is 0 Å². The number of hydrogen-bond donors (Lipinski definition) is 2. The summed E-state index contributed by atoms with van der Waals surface area (Å²) in [5.74, 6) is 2.31. The van der Waals surface area contributed by atoms with Gasteiger partial charge in [-0.2, -0.15) is 5.10 Å². The Morgan fingerprint density at radius 3 is 3.18 bits per heavy atom. The van der Waals surface area contributed by atoms with Gasteiger partial charge in [0.1, 0.15) is 11.6 Å². The number of allylic oxidation sites excluding steroid dienone is 2. The average Bonchev–Trinajstić information content (AvgIpc) is 3.02. The number of aromatic amines is 1. The SMILES string of the molecule is CCCC1=CC(c2cccc3c2OCCC3)c2cn[nH]c2N1. The molecule has 22 heavy (non-hydrogen) atoms. The van der Waals surface area contributed by atoms with Crippen molar-refractivity contribution in [2.24, 2.45) is 0 Å². The van der Waals surface area contributed by atoms with Crippen LogP contribution in [0.25, 0.3) is 0 Å². The Kier molecular flexibility index (Phi) is 3.37.